The summed E-state index contributed by atoms with van der Waals surface area (Å²) >= 11 is 0. The van der Waals surface area contributed by atoms with E-state index in [1.54, 1.807) is 0 Å². The minimum Gasteiger partial charge on any atom is -0.329 e. The average molecular weight is 252 g/mol. The van der Waals surface area contributed by atoms with Crippen LogP contribution in [0, 0.1) is 0 Å². The lowest BCUT2D eigenvalue weighted by Crippen LogP contribution is -2.35. The minimum atomic E-state index is 0.316. The van der Waals surface area contributed by atoms with Crippen LogP contribution in [0.3, 0.4) is 0 Å². The Kier molecular flexibility index (Phi) is 6.98. The Balaban J connectivity index is 2.71. The summed E-state index contributed by atoms with van der Waals surface area (Å²) in [4.78, 5) is 2.52. The first kappa shape index (κ1) is 15.2. The van der Waals surface area contributed by atoms with Gasteiger partial charge in [-0.3, -0.25) is 9.58 Å². The molecule has 0 saturated heterocycles. The maximum Gasteiger partial charge on any atom is 0.0538 e. The van der Waals surface area contributed by atoms with Crippen molar-refractivity contribution in [1.29, 1.82) is 0 Å². The highest BCUT2D eigenvalue weighted by Gasteiger charge is 2.19. The molecule has 1 aromatic heterocycles. The third kappa shape index (κ3) is 4.42. The van der Waals surface area contributed by atoms with Crippen molar-refractivity contribution < 1.29 is 0 Å². The largest absolute Gasteiger partial charge is 0.329 e. The molecule has 1 aromatic rings. The molecule has 0 aliphatic rings. The lowest BCUT2D eigenvalue weighted by atomic mass is 10.1. The van der Waals surface area contributed by atoms with Crippen LogP contribution < -0.4 is 5.73 Å². The van der Waals surface area contributed by atoms with Crippen molar-refractivity contribution in [2.45, 2.75) is 45.6 Å². The Morgan fingerprint density at radius 3 is 2.28 bits per heavy atom. The number of rotatable bonds is 9. The van der Waals surface area contributed by atoms with E-state index in [9.17, 15) is 0 Å². The number of aromatic nitrogens is 2. The second-order valence-electron chi connectivity index (χ2n) is 4.94. The van der Waals surface area contributed by atoms with Gasteiger partial charge in [0.1, 0.15) is 0 Å². The fourth-order valence-corrected chi connectivity index (χ4v) is 2.25. The highest BCUT2D eigenvalue weighted by atomic mass is 15.3. The lowest BCUT2D eigenvalue weighted by Gasteiger charge is -2.30. The highest BCUT2D eigenvalue weighted by molar-refractivity contribution is 5.11. The first-order valence-corrected chi connectivity index (χ1v) is 7.15. The molecular weight excluding hydrogens is 224 g/mol. The molecule has 0 aliphatic heterocycles. The summed E-state index contributed by atoms with van der Waals surface area (Å²) in [5, 5.41) is 4.26. The highest BCUT2D eigenvalue weighted by Crippen LogP contribution is 2.20. The Hall–Kier alpha value is -0.870. The second kappa shape index (κ2) is 8.27. The van der Waals surface area contributed by atoms with Crippen molar-refractivity contribution in [3.05, 3.63) is 18.0 Å². The SMILES string of the molecule is CCCCN(CCCC)C(CN)c1cnn(C)c1. The smallest absolute Gasteiger partial charge is 0.0538 e. The number of hydrogen-bond donors (Lipinski definition) is 1. The van der Waals surface area contributed by atoms with Crippen LogP contribution in [0.1, 0.15) is 51.1 Å². The van der Waals surface area contributed by atoms with E-state index in [-0.39, 0.29) is 0 Å². The fraction of sp³-hybridized carbons (Fsp3) is 0.786. The molecule has 0 radical (unpaired) electrons. The van der Waals surface area contributed by atoms with Crippen LogP contribution in [0.5, 0.6) is 0 Å². The molecule has 0 fully saturated rings. The normalized spacial score (nSPS) is 13.2. The van der Waals surface area contributed by atoms with Crippen molar-refractivity contribution >= 4 is 0 Å². The summed E-state index contributed by atoms with van der Waals surface area (Å²) in [5.74, 6) is 0. The van der Waals surface area contributed by atoms with Gasteiger partial charge in [0.15, 0.2) is 0 Å². The molecule has 0 aromatic carbocycles. The molecule has 1 atom stereocenters. The van der Waals surface area contributed by atoms with Crippen molar-refractivity contribution in [2.24, 2.45) is 12.8 Å². The molecule has 0 bridgehead atoms. The number of nitrogens with zero attached hydrogens (tertiary/aromatic N) is 3. The summed E-state index contributed by atoms with van der Waals surface area (Å²) in [5.41, 5.74) is 7.22. The van der Waals surface area contributed by atoms with E-state index in [1.807, 2.05) is 17.9 Å². The summed E-state index contributed by atoms with van der Waals surface area (Å²) in [7, 11) is 1.96. The molecule has 1 heterocycles. The molecule has 0 saturated carbocycles. The predicted molar refractivity (Wildman–Crippen MR) is 76.4 cm³/mol. The van der Waals surface area contributed by atoms with Crippen LogP contribution in [0.2, 0.25) is 0 Å². The predicted octanol–water partition coefficient (Wildman–Crippen LogP) is 2.32. The molecule has 0 amide bonds. The van der Waals surface area contributed by atoms with E-state index in [2.05, 4.69) is 30.0 Å². The lowest BCUT2D eigenvalue weighted by molar-refractivity contribution is 0.195. The van der Waals surface area contributed by atoms with Crippen LogP contribution in [0.15, 0.2) is 12.4 Å². The van der Waals surface area contributed by atoms with Crippen LogP contribution in [-0.2, 0) is 7.05 Å². The Bertz CT molecular complexity index is 313. The minimum absolute atomic E-state index is 0.316. The van der Waals surface area contributed by atoms with Crippen LogP contribution >= 0.6 is 0 Å². The van der Waals surface area contributed by atoms with Crippen LogP contribution in [-0.4, -0.2) is 34.3 Å². The van der Waals surface area contributed by atoms with Gasteiger partial charge in [-0.2, -0.15) is 5.10 Å². The molecule has 2 N–H and O–H groups in total. The van der Waals surface area contributed by atoms with Gasteiger partial charge in [0.2, 0.25) is 0 Å². The third-order valence-corrected chi connectivity index (χ3v) is 3.37. The summed E-state index contributed by atoms with van der Waals surface area (Å²) in [6.07, 6.45) is 8.96. The molecular formula is C14H28N4. The summed E-state index contributed by atoms with van der Waals surface area (Å²) < 4.78 is 1.86. The van der Waals surface area contributed by atoms with Crippen LogP contribution in [0.25, 0.3) is 0 Å². The fourth-order valence-electron chi connectivity index (χ4n) is 2.25. The van der Waals surface area contributed by atoms with Crippen molar-refractivity contribution in [3.63, 3.8) is 0 Å². The van der Waals surface area contributed by atoms with Gasteiger partial charge in [0.25, 0.3) is 0 Å². The number of unbranched alkanes of at least 4 members (excludes halogenated alkanes) is 2. The molecule has 4 nitrogen and oxygen atoms in total. The summed E-state index contributed by atoms with van der Waals surface area (Å²) in [6.45, 7) is 7.40. The van der Waals surface area contributed by atoms with Crippen molar-refractivity contribution in [2.75, 3.05) is 19.6 Å². The van der Waals surface area contributed by atoms with E-state index in [4.69, 9.17) is 5.73 Å². The Labute approximate surface area is 111 Å². The van der Waals surface area contributed by atoms with Gasteiger partial charge >= 0.3 is 0 Å². The maximum absolute atomic E-state index is 5.98. The molecule has 104 valence electrons. The van der Waals surface area contributed by atoms with Crippen LogP contribution in [0.4, 0.5) is 0 Å². The van der Waals surface area contributed by atoms with Gasteiger partial charge in [0, 0.05) is 25.4 Å². The first-order valence-electron chi connectivity index (χ1n) is 7.15. The molecule has 1 rings (SSSR count). The number of aryl methyl sites for hydroxylation is 1. The zero-order chi connectivity index (χ0) is 13.4. The van der Waals surface area contributed by atoms with Crippen molar-refractivity contribution in [1.82, 2.24) is 14.7 Å². The molecule has 0 aliphatic carbocycles. The first-order chi connectivity index (χ1) is 8.72. The Morgan fingerprint density at radius 2 is 1.89 bits per heavy atom. The third-order valence-electron chi connectivity index (χ3n) is 3.37. The van der Waals surface area contributed by atoms with Crippen molar-refractivity contribution in [3.8, 4) is 0 Å². The topological polar surface area (TPSA) is 47.1 Å². The van der Waals surface area contributed by atoms with E-state index in [0.717, 1.165) is 13.1 Å². The average Bonchev–Trinajstić information content (AvgIpc) is 2.79. The van der Waals surface area contributed by atoms with E-state index in [1.165, 1.54) is 31.2 Å². The molecule has 4 heteroatoms. The molecule has 0 spiro atoms. The standard InChI is InChI=1S/C14H28N4/c1-4-6-8-18(9-7-5-2)14(10-15)13-11-16-17(3)12-13/h11-12,14H,4-10,15H2,1-3H3. The number of hydrogen-bond acceptors (Lipinski definition) is 3. The maximum atomic E-state index is 5.98. The van der Waals surface area contributed by atoms with E-state index >= 15 is 0 Å². The molecule has 18 heavy (non-hydrogen) atoms. The zero-order valence-electron chi connectivity index (χ0n) is 12.1. The quantitative estimate of drug-likeness (QED) is 0.733. The zero-order valence-corrected chi connectivity index (χ0v) is 12.1. The molecule has 1 unspecified atom stereocenters. The van der Waals surface area contributed by atoms with Gasteiger partial charge in [-0.05, 0) is 25.9 Å². The summed E-state index contributed by atoms with van der Waals surface area (Å²) in [6, 6.07) is 0.316. The van der Waals surface area contributed by atoms with Gasteiger partial charge in [-0.25, -0.2) is 0 Å². The van der Waals surface area contributed by atoms with Gasteiger partial charge in [-0.15, -0.1) is 0 Å². The second-order valence-corrected chi connectivity index (χ2v) is 4.94. The van der Waals surface area contributed by atoms with Gasteiger partial charge < -0.3 is 5.73 Å². The van der Waals surface area contributed by atoms with Gasteiger partial charge in [0.05, 0.1) is 12.2 Å². The van der Waals surface area contributed by atoms with E-state index < -0.39 is 0 Å². The van der Waals surface area contributed by atoms with Gasteiger partial charge in [-0.1, -0.05) is 26.7 Å². The Morgan fingerprint density at radius 1 is 1.28 bits per heavy atom. The van der Waals surface area contributed by atoms with E-state index in [0.29, 0.717) is 12.6 Å². The monoisotopic (exact) mass is 252 g/mol. The number of nitrogens with two attached hydrogens (primary N) is 1.